The molecule has 0 aliphatic carbocycles. The maximum atomic E-state index is 11.7. The molecule has 0 heterocycles. The number of benzene rings is 1. The van der Waals surface area contributed by atoms with Crippen LogP contribution in [0.5, 0.6) is 0 Å². The van der Waals surface area contributed by atoms with Crippen LogP contribution in [0.1, 0.15) is 12.5 Å². The second kappa shape index (κ2) is 7.45. The molecule has 1 atom stereocenters. The molecule has 0 radical (unpaired) electrons. The van der Waals surface area contributed by atoms with Crippen LogP contribution in [0.25, 0.3) is 0 Å². The molecule has 5 nitrogen and oxygen atoms in total. The van der Waals surface area contributed by atoms with Crippen molar-refractivity contribution in [2.45, 2.75) is 19.5 Å². The average Bonchev–Trinajstić information content (AvgIpc) is 2.37. The molecule has 1 aromatic carbocycles. The highest BCUT2D eigenvalue weighted by atomic mass is 16.2. The Labute approximate surface area is 107 Å². The van der Waals surface area contributed by atoms with Crippen molar-refractivity contribution >= 4 is 11.8 Å². The molecule has 0 saturated carbocycles. The minimum atomic E-state index is -0.533. The fourth-order valence-electron chi connectivity index (χ4n) is 1.46. The van der Waals surface area contributed by atoms with Crippen LogP contribution in [0.4, 0.5) is 0 Å². The van der Waals surface area contributed by atoms with E-state index in [9.17, 15) is 9.59 Å². The van der Waals surface area contributed by atoms with Gasteiger partial charge in [0.2, 0.25) is 11.8 Å². The molecule has 0 saturated heterocycles. The van der Waals surface area contributed by atoms with E-state index in [2.05, 4.69) is 16.0 Å². The Morgan fingerprint density at radius 2 is 1.89 bits per heavy atom. The first-order valence-corrected chi connectivity index (χ1v) is 5.89. The van der Waals surface area contributed by atoms with Gasteiger partial charge in [-0.25, -0.2) is 0 Å². The summed E-state index contributed by atoms with van der Waals surface area (Å²) in [7, 11) is 1.68. The third kappa shape index (κ3) is 4.97. The first-order chi connectivity index (χ1) is 8.63. The molecule has 2 amide bonds. The van der Waals surface area contributed by atoms with Crippen molar-refractivity contribution < 1.29 is 9.59 Å². The van der Waals surface area contributed by atoms with Gasteiger partial charge in [-0.3, -0.25) is 9.59 Å². The van der Waals surface area contributed by atoms with Crippen molar-refractivity contribution in [1.82, 2.24) is 16.0 Å². The number of hydrogen-bond donors (Lipinski definition) is 3. The number of rotatable bonds is 6. The Kier molecular flexibility index (Phi) is 5.87. The zero-order valence-electron chi connectivity index (χ0n) is 10.7. The van der Waals surface area contributed by atoms with E-state index in [4.69, 9.17) is 0 Å². The highest BCUT2D eigenvalue weighted by Gasteiger charge is 2.14. The highest BCUT2D eigenvalue weighted by Crippen LogP contribution is 1.97. The van der Waals surface area contributed by atoms with E-state index in [0.717, 1.165) is 5.56 Å². The van der Waals surface area contributed by atoms with Gasteiger partial charge in [0.05, 0.1) is 6.54 Å². The Morgan fingerprint density at radius 1 is 1.22 bits per heavy atom. The van der Waals surface area contributed by atoms with Crippen LogP contribution in [0.2, 0.25) is 0 Å². The Balaban J connectivity index is 2.34. The fourth-order valence-corrected chi connectivity index (χ4v) is 1.46. The number of carbonyl (C=O) groups is 2. The molecule has 0 spiro atoms. The summed E-state index contributed by atoms with van der Waals surface area (Å²) in [4.78, 5) is 23.0. The summed E-state index contributed by atoms with van der Waals surface area (Å²) in [6.07, 6.45) is 0. The van der Waals surface area contributed by atoms with E-state index < -0.39 is 6.04 Å². The van der Waals surface area contributed by atoms with Gasteiger partial charge < -0.3 is 16.0 Å². The van der Waals surface area contributed by atoms with Gasteiger partial charge in [0.1, 0.15) is 6.04 Å². The molecule has 98 valence electrons. The Bertz CT molecular complexity index is 392. The largest absolute Gasteiger partial charge is 0.350 e. The molecular formula is C13H19N3O2. The predicted molar refractivity (Wildman–Crippen MR) is 69.8 cm³/mol. The van der Waals surface area contributed by atoms with E-state index in [1.807, 2.05) is 30.3 Å². The van der Waals surface area contributed by atoms with E-state index >= 15 is 0 Å². The SMILES string of the molecule is CNCC(=O)NC(C)C(=O)NCc1ccccc1. The second-order valence-electron chi connectivity index (χ2n) is 4.02. The third-order valence-electron chi connectivity index (χ3n) is 2.42. The van der Waals surface area contributed by atoms with Gasteiger partial charge in [-0.15, -0.1) is 0 Å². The summed E-state index contributed by atoms with van der Waals surface area (Å²) in [5.41, 5.74) is 1.03. The molecule has 0 aliphatic heterocycles. The lowest BCUT2D eigenvalue weighted by Gasteiger charge is -2.14. The standard InChI is InChI=1S/C13H19N3O2/c1-10(16-12(17)9-14-2)13(18)15-8-11-6-4-3-5-7-11/h3-7,10,14H,8-9H2,1-2H3,(H,15,18)(H,16,17). The van der Waals surface area contributed by atoms with Crippen molar-refractivity contribution in [3.05, 3.63) is 35.9 Å². The van der Waals surface area contributed by atoms with Crippen molar-refractivity contribution in [2.75, 3.05) is 13.6 Å². The summed E-state index contributed by atoms with van der Waals surface area (Å²) in [5, 5.41) is 8.10. The van der Waals surface area contributed by atoms with Crippen LogP contribution in [0.15, 0.2) is 30.3 Å². The van der Waals surface area contributed by atoms with E-state index in [-0.39, 0.29) is 18.4 Å². The maximum Gasteiger partial charge on any atom is 0.242 e. The highest BCUT2D eigenvalue weighted by molar-refractivity contribution is 5.87. The molecule has 18 heavy (non-hydrogen) atoms. The molecule has 0 fully saturated rings. The second-order valence-corrected chi connectivity index (χ2v) is 4.02. The number of likely N-dealkylation sites (N-methyl/N-ethyl adjacent to an activating group) is 1. The number of carbonyl (C=O) groups excluding carboxylic acids is 2. The molecule has 0 aliphatic rings. The van der Waals surface area contributed by atoms with Crippen molar-refractivity contribution in [1.29, 1.82) is 0 Å². The number of hydrogen-bond acceptors (Lipinski definition) is 3. The molecule has 0 aromatic heterocycles. The van der Waals surface area contributed by atoms with E-state index in [1.165, 1.54) is 0 Å². The average molecular weight is 249 g/mol. The van der Waals surface area contributed by atoms with E-state index in [1.54, 1.807) is 14.0 Å². The molecule has 1 aromatic rings. The summed E-state index contributed by atoms with van der Waals surface area (Å²) in [6.45, 7) is 2.33. The fraction of sp³-hybridized carbons (Fsp3) is 0.385. The Morgan fingerprint density at radius 3 is 2.50 bits per heavy atom. The molecule has 1 rings (SSSR count). The summed E-state index contributed by atoms with van der Waals surface area (Å²) < 4.78 is 0. The summed E-state index contributed by atoms with van der Waals surface area (Å²) in [5.74, 6) is -0.386. The van der Waals surface area contributed by atoms with Crippen LogP contribution in [-0.4, -0.2) is 31.4 Å². The molecule has 1 unspecified atom stereocenters. The van der Waals surface area contributed by atoms with Crippen LogP contribution in [-0.2, 0) is 16.1 Å². The van der Waals surface area contributed by atoms with Gasteiger partial charge >= 0.3 is 0 Å². The van der Waals surface area contributed by atoms with Crippen LogP contribution >= 0.6 is 0 Å². The predicted octanol–water partition coefficient (Wildman–Crippen LogP) is 0.0269. The van der Waals surface area contributed by atoms with Gasteiger partial charge in [-0.05, 0) is 19.5 Å². The van der Waals surface area contributed by atoms with E-state index in [0.29, 0.717) is 6.54 Å². The van der Waals surface area contributed by atoms with Crippen LogP contribution < -0.4 is 16.0 Å². The van der Waals surface area contributed by atoms with Gasteiger partial charge in [-0.2, -0.15) is 0 Å². The molecule has 0 bridgehead atoms. The lowest BCUT2D eigenvalue weighted by Crippen LogP contribution is -2.46. The van der Waals surface area contributed by atoms with Gasteiger partial charge in [0.25, 0.3) is 0 Å². The molecule has 5 heteroatoms. The lowest BCUT2D eigenvalue weighted by molar-refractivity contribution is -0.128. The minimum absolute atomic E-state index is 0.191. The van der Waals surface area contributed by atoms with Gasteiger partial charge in [0.15, 0.2) is 0 Å². The third-order valence-corrected chi connectivity index (χ3v) is 2.42. The van der Waals surface area contributed by atoms with Crippen molar-refractivity contribution in [2.24, 2.45) is 0 Å². The number of amides is 2. The molecule has 3 N–H and O–H groups in total. The quantitative estimate of drug-likeness (QED) is 0.666. The first kappa shape index (κ1) is 14.2. The maximum absolute atomic E-state index is 11.7. The summed E-state index contributed by atoms with van der Waals surface area (Å²) in [6, 6.07) is 9.09. The monoisotopic (exact) mass is 249 g/mol. The lowest BCUT2D eigenvalue weighted by atomic mass is 10.2. The topological polar surface area (TPSA) is 70.2 Å². The van der Waals surface area contributed by atoms with Gasteiger partial charge in [-0.1, -0.05) is 30.3 Å². The zero-order valence-corrected chi connectivity index (χ0v) is 10.7. The Hall–Kier alpha value is -1.88. The smallest absolute Gasteiger partial charge is 0.242 e. The summed E-state index contributed by atoms with van der Waals surface area (Å²) >= 11 is 0. The molecular weight excluding hydrogens is 230 g/mol. The minimum Gasteiger partial charge on any atom is -0.350 e. The normalized spacial score (nSPS) is 11.7. The van der Waals surface area contributed by atoms with Gasteiger partial charge in [0, 0.05) is 6.54 Å². The van der Waals surface area contributed by atoms with Crippen molar-refractivity contribution in [3.8, 4) is 0 Å². The first-order valence-electron chi connectivity index (χ1n) is 5.89. The van der Waals surface area contributed by atoms with Crippen LogP contribution in [0.3, 0.4) is 0 Å². The van der Waals surface area contributed by atoms with Crippen LogP contribution in [0, 0.1) is 0 Å². The van der Waals surface area contributed by atoms with Crippen molar-refractivity contribution in [3.63, 3.8) is 0 Å². The number of nitrogens with one attached hydrogen (secondary N) is 3. The zero-order chi connectivity index (χ0) is 13.4.